The van der Waals surface area contributed by atoms with Crippen molar-refractivity contribution in [2.75, 3.05) is 39.0 Å². The molecule has 1 aliphatic rings. The molecule has 0 saturated carbocycles. The SMILES string of the molecule is CN1CCN(C(=O)CS(=O)(=O)c2ccc(F)cc2)CC1. The second-order valence-electron chi connectivity index (χ2n) is 4.90. The lowest BCUT2D eigenvalue weighted by Gasteiger charge is -2.32. The summed E-state index contributed by atoms with van der Waals surface area (Å²) >= 11 is 0. The van der Waals surface area contributed by atoms with Gasteiger partial charge in [-0.05, 0) is 31.3 Å². The number of hydrogen-bond acceptors (Lipinski definition) is 4. The number of rotatable bonds is 3. The Morgan fingerprint density at radius 3 is 2.25 bits per heavy atom. The van der Waals surface area contributed by atoms with Gasteiger partial charge in [-0.2, -0.15) is 0 Å². The third-order valence-electron chi connectivity index (χ3n) is 3.34. The predicted molar refractivity (Wildman–Crippen MR) is 72.5 cm³/mol. The van der Waals surface area contributed by atoms with Crippen LogP contribution >= 0.6 is 0 Å². The maximum atomic E-state index is 12.8. The summed E-state index contributed by atoms with van der Waals surface area (Å²) in [5, 5.41) is 0. The van der Waals surface area contributed by atoms with Gasteiger partial charge >= 0.3 is 0 Å². The molecule has 0 bridgehead atoms. The van der Waals surface area contributed by atoms with Crippen LogP contribution in [-0.2, 0) is 14.6 Å². The molecule has 1 aliphatic heterocycles. The van der Waals surface area contributed by atoms with Crippen LogP contribution in [-0.4, -0.2) is 63.1 Å². The smallest absolute Gasteiger partial charge is 0.238 e. The number of halogens is 1. The van der Waals surface area contributed by atoms with E-state index < -0.39 is 27.3 Å². The minimum Gasteiger partial charge on any atom is -0.339 e. The minimum atomic E-state index is -3.71. The second-order valence-corrected chi connectivity index (χ2v) is 6.89. The number of benzene rings is 1. The summed E-state index contributed by atoms with van der Waals surface area (Å²) in [4.78, 5) is 15.6. The van der Waals surface area contributed by atoms with Crippen molar-refractivity contribution in [1.82, 2.24) is 9.80 Å². The summed E-state index contributed by atoms with van der Waals surface area (Å²) in [6.45, 7) is 2.55. The van der Waals surface area contributed by atoms with Crippen LogP contribution in [0, 0.1) is 5.82 Å². The Balaban J connectivity index is 2.04. The van der Waals surface area contributed by atoms with Gasteiger partial charge in [-0.25, -0.2) is 12.8 Å². The van der Waals surface area contributed by atoms with Crippen LogP contribution in [0.1, 0.15) is 0 Å². The molecule has 1 aromatic carbocycles. The van der Waals surface area contributed by atoms with E-state index >= 15 is 0 Å². The van der Waals surface area contributed by atoms with E-state index in [2.05, 4.69) is 4.90 Å². The van der Waals surface area contributed by atoms with E-state index in [1.165, 1.54) is 12.1 Å². The van der Waals surface area contributed by atoms with E-state index in [1.54, 1.807) is 4.90 Å². The van der Waals surface area contributed by atoms with E-state index in [4.69, 9.17) is 0 Å². The third kappa shape index (κ3) is 3.55. The van der Waals surface area contributed by atoms with Crippen molar-refractivity contribution in [2.24, 2.45) is 0 Å². The van der Waals surface area contributed by atoms with E-state index in [-0.39, 0.29) is 4.90 Å². The van der Waals surface area contributed by atoms with Gasteiger partial charge in [0.1, 0.15) is 11.6 Å². The van der Waals surface area contributed by atoms with Crippen molar-refractivity contribution in [2.45, 2.75) is 4.90 Å². The monoisotopic (exact) mass is 300 g/mol. The fourth-order valence-corrected chi connectivity index (χ4v) is 3.26. The Labute approximate surface area is 117 Å². The van der Waals surface area contributed by atoms with Crippen LogP contribution in [0.15, 0.2) is 29.2 Å². The van der Waals surface area contributed by atoms with E-state index in [1.807, 2.05) is 7.05 Å². The number of sulfone groups is 1. The molecule has 2 rings (SSSR count). The Hall–Kier alpha value is -1.47. The number of likely N-dealkylation sites (N-methyl/N-ethyl adjacent to an activating group) is 1. The van der Waals surface area contributed by atoms with Gasteiger partial charge in [0, 0.05) is 26.2 Å². The summed E-state index contributed by atoms with van der Waals surface area (Å²) < 4.78 is 37.0. The zero-order valence-corrected chi connectivity index (χ0v) is 12.1. The van der Waals surface area contributed by atoms with E-state index in [9.17, 15) is 17.6 Å². The summed E-state index contributed by atoms with van der Waals surface area (Å²) in [5.41, 5.74) is 0. The molecule has 7 heteroatoms. The molecule has 0 unspecified atom stereocenters. The van der Waals surface area contributed by atoms with Crippen LogP contribution in [0.2, 0.25) is 0 Å². The van der Waals surface area contributed by atoms with Crippen LogP contribution in [0.5, 0.6) is 0 Å². The summed E-state index contributed by atoms with van der Waals surface area (Å²) in [6.07, 6.45) is 0. The van der Waals surface area contributed by atoms with Crippen molar-refractivity contribution in [3.8, 4) is 0 Å². The molecule has 0 N–H and O–H groups in total. The summed E-state index contributed by atoms with van der Waals surface area (Å²) in [5.74, 6) is -1.47. The molecular formula is C13H17FN2O3S. The van der Waals surface area contributed by atoms with Crippen LogP contribution in [0.25, 0.3) is 0 Å². The molecular weight excluding hydrogens is 283 g/mol. The fraction of sp³-hybridized carbons (Fsp3) is 0.462. The molecule has 1 fully saturated rings. The molecule has 0 spiro atoms. The van der Waals surface area contributed by atoms with Crippen molar-refractivity contribution >= 4 is 15.7 Å². The van der Waals surface area contributed by atoms with Gasteiger partial charge in [0.15, 0.2) is 9.84 Å². The number of carbonyl (C=O) groups excluding carboxylic acids is 1. The largest absolute Gasteiger partial charge is 0.339 e. The highest BCUT2D eigenvalue weighted by atomic mass is 32.2. The quantitative estimate of drug-likeness (QED) is 0.757. The standard InChI is InChI=1S/C13H17FN2O3S/c1-15-6-8-16(9-7-15)13(17)10-20(18,19)12-4-2-11(14)3-5-12/h2-5H,6-10H2,1H3. The van der Waals surface area contributed by atoms with Gasteiger partial charge in [-0.3, -0.25) is 4.79 Å². The zero-order chi connectivity index (χ0) is 14.8. The lowest BCUT2D eigenvalue weighted by atomic mass is 10.3. The average molecular weight is 300 g/mol. The highest BCUT2D eigenvalue weighted by Gasteiger charge is 2.25. The first kappa shape index (κ1) is 14.9. The average Bonchev–Trinajstić information content (AvgIpc) is 2.39. The fourth-order valence-electron chi connectivity index (χ4n) is 2.03. The number of carbonyl (C=O) groups is 1. The lowest BCUT2D eigenvalue weighted by molar-refractivity contribution is -0.129. The molecule has 1 saturated heterocycles. The summed E-state index contributed by atoms with van der Waals surface area (Å²) in [7, 11) is -1.76. The molecule has 1 amide bonds. The maximum Gasteiger partial charge on any atom is 0.238 e. The van der Waals surface area contributed by atoms with Crippen LogP contribution in [0.3, 0.4) is 0 Å². The normalized spacial score (nSPS) is 17.2. The van der Waals surface area contributed by atoms with Crippen LogP contribution in [0.4, 0.5) is 4.39 Å². The Kier molecular flexibility index (Phi) is 4.39. The Morgan fingerprint density at radius 1 is 1.15 bits per heavy atom. The number of amides is 1. The molecule has 110 valence electrons. The van der Waals surface area contributed by atoms with Gasteiger partial charge in [0.25, 0.3) is 0 Å². The zero-order valence-electron chi connectivity index (χ0n) is 11.3. The van der Waals surface area contributed by atoms with Crippen molar-refractivity contribution < 1.29 is 17.6 Å². The highest BCUT2D eigenvalue weighted by Crippen LogP contribution is 2.13. The van der Waals surface area contributed by atoms with Gasteiger partial charge in [-0.1, -0.05) is 0 Å². The maximum absolute atomic E-state index is 12.8. The number of hydrogen-bond donors (Lipinski definition) is 0. The molecule has 0 radical (unpaired) electrons. The topological polar surface area (TPSA) is 57.7 Å². The highest BCUT2D eigenvalue weighted by molar-refractivity contribution is 7.92. The van der Waals surface area contributed by atoms with E-state index in [0.717, 1.165) is 25.2 Å². The van der Waals surface area contributed by atoms with Gasteiger partial charge in [0.05, 0.1) is 4.90 Å². The van der Waals surface area contributed by atoms with Crippen LogP contribution < -0.4 is 0 Å². The summed E-state index contributed by atoms with van der Waals surface area (Å²) in [6, 6.07) is 4.52. The molecule has 20 heavy (non-hydrogen) atoms. The van der Waals surface area contributed by atoms with Gasteiger partial charge < -0.3 is 9.80 Å². The first-order valence-electron chi connectivity index (χ1n) is 6.33. The van der Waals surface area contributed by atoms with Gasteiger partial charge in [0.2, 0.25) is 5.91 Å². The molecule has 1 aromatic rings. The Bertz CT molecular complexity index is 578. The first-order chi connectivity index (χ1) is 9.38. The van der Waals surface area contributed by atoms with Gasteiger partial charge in [-0.15, -0.1) is 0 Å². The third-order valence-corrected chi connectivity index (χ3v) is 4.96. The Morgan fingerprint density at radius 2 is 1.70 bits per heavy atom. The predicted octanol–water partition coefficient (Wildman–Crippen LogP) is 0.373. The molecule has 1 heterocycles. The second kappa shape index (κ2) is 5.88. The van der Waals surface area contributed by atoms with Crippen molar-refractivity contribution in [3.63, 3.8) is 0 Å². The lowest BCUT2D eigenvalue weighted by Crippen LogP contribution is -2.48. The van der Waals surface area contributed by atoms with Crippen molar-refractivity contribution in [1.29, 1.82) is 0 Å². The minimum absolute atomic E-state index is 0.0265. The number of piperazine rings is 1. The van der Waals surface area contributed by atoms with E-state index in [0.29, 0.717) is 13.1 Å². The molecule has 0 aromatic heterocycles. The molecule has 0 aliphatic carbocycles. The first-order valence-corrected chi connectivity index (χ1v) is 7.98. The molecule has 0 atom stereocenters. The number of nitrogens with zero attached hydrogens (tertiary/aromatic N) is 2. The molecule has 5 nitrogen and oxygen atoms in total. The van der Waals surface area contributed by atoms with Crippen molar-refractivity contribution in [3.05, 3.63) is 30.1 Å².